The highest BCUT2D eigenvalue weighted by atomic mass is 35.5. The van der Waals surface area contributed by atoms with E-state index in [0.29, 0.717) is 15.8 Å². The van der Waals surface area contributed by atoms with Gasteiger partial charge in [0.15, 0.2) is 5.11 Å². The van der Waals surface area contributed by atoms with E-state index < -0.39 is 0 Å². The summed E-state index contributed by atoms with van der Waals surface area (Å²) < 4.78 is 7.89. The Balaban J connectivity index is 1.64. The summed E-state index contributed by atoms with van der Waals surface area (Å²) in [4.78, 5) is 6.79. The van der Waals surface area contributed by atoms with Gasteiger partial charge in [-0.05, 0) is 106 Å². The number of halogens is 1. The van der Waals surface area contributed by atoms with Gasteiger partial charge >= 0.3 is 0 Å². The van der Waals surface area contributed by atoms with E-state index in [2.05, 4.69) is 28.2 Å². The molecular formula is C29H29ClN4O2S. The van der Waals surface area contributed by atoms with Crippen molar-refractivity contribution in [3.8, 4) is 17.2 Å². The second-order valence-electron chi connectivity index (χ2n) is 9.45. The highest BCUT2D eigenvalue weighted by molar-refractivity contribution is 7.80. The summed E-state index contributed by atoms with van der Waals surface area (Å²) in [6.45, 7) is 8.09. The van der Waals surface area contributed by atoms with Crippen molar-refractivity contribution in [2.75, 3.05) is 4.90 Å². The van der Waals surface area contributed by atoms with Crippen LogP contribution in [0.5, 0.6) is 11.5 Å². The number of phenols is 1. The summed E-state index contributed by atoms with van der Waals surface area (Å²) in [5, 5.41) is 15.3. The minimum atomic E-state index is -0.180. The molecule has 2 atom stereocenters. The molecule has 0 unspecified atom stereocenters. The van der Waals surface area contributed by atoms with Gasteiger partial charge in [-0.2, -0.15) is 0 Å². The van der Waals surface area contributed by atoms with Crippen LogP contribution >= 0.6 is 23.8 Å². The summed E-state index contributed by atoms with van der Waals surface area (Å²) >= 11 is 12.2. The first-order valence-corrected chi connectivity index (χ1v) is 13.0. The number of aromatic hydroxyl groups is 1. The Hall–Kier alpha value is -3.55. The molecule has 1 aliphatic heterocycles. The topological polar surface area (TPSA) is 62.5 Å². The SMILES string of the molecule is Cc1cc([C@@H]2[C@@H](c3ccccn3)NC(=S)N2c2ccc(OC(C)C)cc2)c(C)n1-c1cc(Cl)ccc1O. The van der Waals surface area contributed by atoms with Crippen molar-refractivity contribution >= 4 is 34.6 Å². The molecule has 0 bridgehead atoms. The molecule has 2 N–H and O–H groups in total. The van der Waals surface area contributed by atoms with Crippen LogP contribution in [0, 0.1) is 13.8 Å². The van der Waals surface area contributed by atoms with E-state index in [4.69, 9.17) is 28.6 Å². The maximum atomic E-state index is 10.7. The van der Waals surface area contributed by atoms with Crippen LogP contribution < -0.4 is 15.0 Å². The second kappa shape index (κ2) is 10.1. The summed E-state index contributed by atoms with van der Waals surface area (Å²) in [5.74, 6) is 0.973. The predicted octanol–water partition coefficient (Wildman–Crippen LogP) is 6.81. The number of aromatic nitrogens is 2. The van der Waals surface area contributed by atoms with Gasteiger partial charge in [-0.1, -0.05) is 17.7 Å². The van der Waals surface area contributed by atoms with Crippen molar-refractivity contribution in [2.45, 2.75) is 45.9 Å². The molecule has 4 aromatic rings. The Bertz CT molecular complexity index is 1440. The summed E-state index contributed by atoms with van der Waals surface area (Å²) in [6.07, 6.45) is 1.89. The molecule has 0 amide bonds. The molecule has 3 heterocycles. The van der Waals surface area contributed by atoms with Gasteiger partial charge in [0.2, 0.25) is 0 Å². The lowest BCUT2D eigenvalue weighted by Crippen LogP contribution is -2.29. The van der Waals surface area contributed by atoms with Crippen LogP contribution in [0.25, 0.3) is 5.69 Å². The first-order chi connectivity index (χ1) is 17.7. The molecule has 2 aromatic heterocycles. The zero-order chi connectivity index (χ0) is 26.3. The van der Waals surface area contributed by atoms with Crippen LogP contribution in [0.15, 0.2) is 72.9 Å². The van der Waals surface area contributed by atoms with E-state index in [1.807, 2.05) is 67.8 Å². The number of anilines is 1. The number of rotatable bonds is 6. The molecule has 37 heavy (non-hydrogen) atoms. The van der Waals surface area contributed by atoms with Crippen LogP contribution in [0.3, 0.4) is 0 Å². The van der Waals surface area contributed by atoms with Crippen molar-refractivity contribution in [3.05, 3.63) is 101 Å². The highest BCUT2D eigenvalue weighted by Crippen LogP contribution is 2.44. The monoisotopic (exact) mass is 532 g/mol. The number of ether oxygens (including phenoxy) is 1. The maximum Gasteiger partial charge on any atom is 0.174 e. The van der Waals surface area contributed by atoms with Crippen LogP contribution in [-0.4, -0.2) is 25.9 Å². The van der Waals surface area contributed by atoms with Crippen LogP contribution in [-0.2, 0) is 0 Å². The average molecular weight is 533 g/mol. The molecule has 2 aromatic carbocycles. The first kappa shape index (κ1) is 25.1. The van der Waals surface area contributed by atoms with Gasteiger partial charge < -0.3 is 24.6 Å². The standard InChI is InChI=1S/C29H29ClN4O2S/c1-17(2)36-22-11-9-21(10-12-22)34-28(27(32-29(34)37)24-7-5-6-14-31-24)23-15-18(3)33(19(23)4)25-16-20(30)8-13-26(25)35/h5-17,27-28,35H,1-4H3,(H,32,37)/t27-,28-/m1/s1. The lowest BCUT2D eigenvalue weighted by Gasteiger charge is -2.28. The van der Waals surface area contributed by atoms with E-state index >= 15 is 0 Å². The molecule has 0 saturated carbocycles. The minimum Gasteiger partial charge on any atom is -0.506 e. The third-order valence-corrected chi connectivity index (χ3v) is 7.10. The van der Waals surface area contributed by atoms with E-state index in [1.54, 1.807) is 24.4 Å². The summed E-state index contributed by atoms with van der Waals surface area (Å²) in [7, 11) is 0. The molecule has 1 saturated heterocycles. The van der Waals surface area contributed by atoms with Gasteiger partial charge in [-0.3, -0.25) is 4.98 Å². The van der Waals surface area contributed by atoms with E-state index in [1.165, 1.54) is 0 Å². The fourth-order valence-corrected chi connectivity index (χ4v) is 5.55. The van der Waals surface area contributed by atoms with Crippen LogP contribution in [0.4, 0.5) is 5.69 Å². The van der Waals surface area contributed by atoms with Crippen molar-refractivity contribution in [1.29, 1.82) is 0 Å². The first-order valence-electron chi connectivity index (χ1n) is 12.2. The zero-order valence-corrected chi connectivity index (χ0v) is 22.7. The zero-order valence-electron chi connectivity index (χ0n) is 21.1. The second-order valence-corrected chi connectivity index (χ2v) is 10.3. The Morgan fingerprint density at radius 2 is 1.81 bits per heavy atom. The molecule has 1 fully saturated rings. The minimum absolute atomic E-state index is 0.0926. The van der Waals surface area contributed by atoms with Gasteiger partial charge in [-0.25, -0.2) is 0 Å². The van der Waals surface area contributed by atoms with Gasteiger partial charge in [0.1, 0.15) is 11.5 Å². The number of benzene rings is 2. The smallest absolute Gasteiger partial charge is 0.174 e. The number of pyridine rings is 1. The molecule has 190 valence electrons. The van der Waals surface area contributed by atoms with Gasteiger partial charge in [0, 0.05) is 28.3 Å². The quantitative estimate of drug-likeness (QED) is 0.266. The largest absolute Gasteiger partial charge is 0.506 e. The molecule has 0 spiro atoms. The van der Waals surface area contributed by atoms with E-state index in [9.17, 15) is 5.11 Å². The highest BCUT2D eigenvalue weighted by Gasteiger charge is 2.42. The molecule has 0 aliphatic carbocycles. The van der Waals surface area contributed by atoms with Gasteiger partial charge in [0.05, 0.1) is 29.6 Å². The number of phenolic OH excluding ortho intramolecular Hbond substituents is 1. The van der Waals surface area contributed by atoms with E-state index in [-0.39, 0.29) is 23.9 Å². The maximum absolute atomic E-state index is 10.7. The summed E-state index contributed by atoms with van der Waals surface area (Å²) in [6, 6.07) is 20.8. The Kier molecular flexibility index (Phi) is 6.84. The van der Waals surface area contributed by atoms with Crippen molar-refractivity contribution in [1.82, 2.24) is 14.9 Å². The predicted molar refractivity (Wildman–Crippen MR) is 152 cm³/mol. The molecule has 5 rings (SSSR count). The number of nitrogens with zero attached hydrogens (tertiary/aromatic N) is 3. The number of hydrogen-bond donors (Lipinski definition) is 2. The molecular weight excluding hydrogens is 504 g/mol. The Morgan fingerprint density at radius 1 is 1.05 bits per heavy atom. The number of nitrogens with one attached hydrogen (secondary N) is 1. The molecule has 8 heteroatoms. The van der Waals surface area contributed by atoms with Crippen LogP contribution in [0.2, 0.25) is 5.02 Å². The van der Waals surface area contributed by atoms with Crippen molar-refractivity contribution in [2.24, 2.45) is 0 Å². The van der Waals surface area contributed by atoms with E-state index in [0.717, 1.165) is 34.1 Å². The number of thiocarbonyl (C=S) groups is 1. The molecule has 6 nitrogen and oxygen atoms in total. The number of aryl methyl sites for hydroxylation is 1. The average Bonchev–Trinajstić information content (AvgIpc) is 3.36. The molecule has 0 radical (unpaired) electrons. The Morgan fingerprint density at radius 3 is 2.49 bits per heavy atom. The fraction of sp³-hybridized carbons (Fsp3) is 0.241. The van der Waals surface area contributed by atoms with Gasteiger partial charge in [-0.15, -0.1) is 0 Å². The van der Waals surface area contributed by atoms with Crippen LogP contribution in [0.1, 0.15) is 48.6 Å². The lowest BCUT2D eigenvalue weighted by molar-refractivity contribution is 0.242. The lowest BCUT2D eigenvalue weighted by atomic mass is 9.96. The van der Waals surface area contributed by atoms with Crippen molar-refractivity contribution < 1.29 is 9.84 Å². The normalized spacial score (nSPS) is 17.4. The Labute approximate surface area is 227 Å². The number of hydrogen-bond acceptors (Lipinski definition) is 4. The fourth-order valence-electron chi connectivity index (χ4n) is 5.04. The van der Waals surface area contributed by atoms with Crippen molar-refractivity contribution in [3.63, 3.8) is 0 Å². The summed E-state index contributed by atoms with van der Waals surface area (Å²) in [5.41, 5.74) is 5.52. The third kappa shape index (κ3) is 4.77. The van der Waals surface area contributed by atoms with Gasteiger partial charge in [0.25, 0.3) is 0 Å². The third-order valence-electron chi connectivity index (χ3n) is 6.55. The molecule has 1 aliphatic rings.